The van der Waals surface area contributed by atoms with E-state index in [2.05, 4.69) is 10.3 Å². The van der Waals surface area contributed by atoms with E-state index in [4.69, 9.17) is 11.6 Å². The largest absolute Gasteiger partial charge is 0.360 e. The highest BCUT2D eigenvalue weighted by molar-refractivity contribution is 6.30. The molecule has 0 spiro atoms. The highest BCUT2D eigenvalue weighted by atomic mass is 35.5. The molecular weight excluding hydrogens is 372 g/mol. The molecule has 0 aliphatic carbocycles. The van der Waals surface area contributed by atoms with Crippen LogP contribution in [-0.2, 0) is 6.54 Å². The van der Waals surface area contributed by atoms with Crippen LogP contribution in [0.1, 0.15) is 15.9 Å². The second kappa shape index (κ2) is 7.71. The highest BCUT2D eigenvalue weighted by Crippen LogP contribution is 2.25. The average Bonchev–Trinajstić information content (AvgIpc) is 2.74. The number of para-hydroxylation sites is 1. The van der Waals surface area contributed by atoms with Gasteiger partial charge in [0.15, 0.2) is 0 Å². The van der Waals surface area contributed by atoms with Gasteiger partial charge in [-0.3, -0.25) is 9.59 Å². The zero-order chi connectivity index (χ0) is 19.5. The number of carbonyl (C=O) groups excluding carboxylic acids is 1. The lowest BCUT2D eigenvalue weighted by atomic mass is 10.0. The molecule has 4 rings (SSSR count). The van der Waals surface area contributed by atoms with Gasteiger partial charge in [-0.25, -0.2) is 0 Å². The van der Waals surface area contributed by atoms with Crippen molar-refractivity contribution >= 4 is 28.4 Å². The fourth-order valence-corrected chi connectivity index (χ4v) is 3.28. The molecule has 0 atom stereocenters. The van der Waals surface area contributed by atoms with Crippen molar-refractivity contribution in [2.45, 2.75) is 6.54 Å². The number of fused-ring (bicyclic) bond motifs is 1. The maximum absolute atomic E-state index is 12.9. The van der Waals surface area contributed by atoms with E-state index in [-0.39, 0.29) is 11.0 Å². The first-order valence-electron chi connectivity index (χ1n) is 8.86. The van der Waals surface area contributed by atoms with Gasteiger partial charge >= 0.3 is 0 Å². The predicted molar refractivity (Wildman–Crippen MR) is 113 cm³/mol. The number of benzene rings is 3. The summed E-state index contributed by atoms with van der Waals surface area (Å²) in [6, 6.07) is 22.5. The minimum atomic E-state index is -0.414. The molecular formula is C23H17ClN2O2. The SMILES string of the molecule is O=C(NCc1ccc(Cl)cc1)c1c[nH]c2c(-c3ccccc3)cccc2c1=O. The quantitative estimate of drug-likeness (QED) is 0.528. The molecule has 0 fully saturated rings. The van der Waals surface area contributed by atoms with Crippen LogP contribution in [0.3, 0.4) is 0 Å². The molecule has 0 saturated carbocycles. The third-order valence-electron chi connectivity index (χ3n) is 4.61. The molecule has 1 heterocycles. The van der Waals surface area contributed by atoms with Crippen molar-refractivity contribution in [3.05, 3.63) is 105 Å². The second-order valence-corrected chi connectivity index (χ2v) is 6.87. The predicted octanol–water partition coefficient (Wildman–Crippen LogP) is 4.78. The molecule has 0 bridgehead atoms. The Morgan fingerprint density at radius 2 is 1.68 bits per heavy atom. The Hall–Kier alpha value is -3.37. The van der Waals surface area contributed by atoms with E-state index < -0.39 is 5.91 Å². The number of nitrogens with one attached hydrogen (secondary N) is 2. The normalized spacial score (nSPS) is 10.8. The van der Waals surface area contributed by atoms with Crippen LogP contribution in [0, 0.1) is 0 Å². The first-order valence-corrected chi connectivity index (χ1v) is 9.24. The van der Waals surface area contributed by atoms with E-state index in [1.54, 1.807) is 18.2 Å². The third kappa shape index (κ3) is 3.55. The number of amides is 1. The maximum atomic E-state index is 12.9. The third-order valence-corrected chi connectivity index (χ3v) is 4.86. The minimum absolute atomic E-state index is 0.0895. The van der Waals surface area contributed by atoms with Gasteiger partial charge in [-0.1, -0.05) is 66.2 Å². The van der Waals surface area contributed by atoms with Crippen LogP contribution < -0.4 is 10.7 Å². The summed E-state index contributed by atoms with van der Waals surface area (Å²) in [6.45, 7) is 0.317. The summed E-state index contributed by atoms with van der Waals surface area (Å²) in [6.07, 6.45) is 1.48. The summed E-state index contributed by atoms with van der Waals surface area (Å²) in [5, 5.41) is 3.91. The van der Waals surface area contributed by atoms with E-state index in [1.807, 2.05) is 54.6 Å². The lowest BCUT2D eigenvalue weighted by Gasteiger charge is -2.09. The maximum Gasteiger partial charge on any atom is 0.257 e. The van der Waals surface area contributed by atoms with Gasteiger partial charge in [0, 0.05) is 28.7 Å². The van der Waals surface area contributed by atoms with E-state index in [9.17, 15) is 9.59 Å². The molecule has 1 amide bonds. The van der Waals surface area contributed by atoms with Gasteiger partial charge in [-0.15, -0.1) is 0 Å². The molecule has 1 aromatic heterocycles. The van der Waals surface area contributed by atoms with Crippen molar-refractivity contribution in [1.82, 2.24) is 10.3 Å². The zero-order valence-electron chi connectivity index (χ0n) is 14.9. The number of halogens is 1. The Balaban J connectivity index is 1.65. The average molecular weight is 389 g/mol. The summed E-state index contributed by atoms with van der Waals surface area (Å²) in [5.74, 6) is -0.414. The van der Waals surface area contributed by atoms with Crippen LogP contribution in [0.15, 0.2) is 83.8 Å². The molecule has 138 valence electrons. The van der Waals surface area contributed by atoms with E-state index in [0.717, 1.165) is 16.7 Å². The minimum Gasteiger partial charge on any atom is -0.360 e. The number of aromatic amines is 1. The Labute approximate surface area is 166 Å². The number of pyridine rings is 1. The van der Waals surface area contributed by atoms with Crippen LogP contribution in [0.4, 0.5) is 0 Å². The number of hydrogen-bond acceptors (Lipinski definition) is 2. The second-order valence-electron chi connectivity index (χ2n) is 6.43. The molecule has 0 unspecified atom stereocenters. The molecule has 0 aliphatic heterocycles. The van der Waals surface area contributed by atoms with Gasteiger partial charge < -0.3 is 10.3 Å². The summed E-state index contributed by atoms with van der Waals surface area (Å²) in [7, 11) is 0. The summed E-state index contributed by atoms with van der Waals surface area (Å²) < 4.78 is 0. The Kier molecular flexibility index (Phi) is 4.96. The Morgan fingerprint density at radius 3 is 2.43 bits per heavy atom. The number of rotatable bonds is 4. The van der Waals surface area contributed by atoms with Gasteiger partial charge in [-0.05, 0) is 29.3 Å². The standard InChI is InChI=1S/C23H17ClN2O2/c24-17-11-9-15(10-12-17)13-26-23(28)20-14-25-21-18(16-5-2-1-3-6-16)7-4-8-19(21)22(20)27/h1-12,14H,13H2,(H,25,27)(H,26,28). The van der Waals surface area contributed by atoms with E-state index in [0.29, 0.717) is 22.5 Å². The van der Waals surface area contributed by atoms with Crippen LogP contribution in [0.25, 0.3) is 22.0 Å². The molecule has 5 heteroatoms. The number of aromatic nitrogens is 1. The monoisotopic (exact) mass is 388 g/mol. The topological polar surface area (TPSA) is 62.0 Å². The molecule has 4 nitrogen and oxygen atoms in total. The number of hydrogen-bond donors (Lipinski definition) is 2. The van der Waals surface area contributed by atoms with Crippen molar-refractivity contribution in [2.75, 3.05) is 0 Å². The van der Waals surface area contributed by atoms with Gasteiger partial charge in [-0.2, -0.15) is 0 Å². The fraction of sp³-hybridized carbons (Fsp3) is 0.0435. The van der Waals surface area contributed by atoms with Crippen LogP contribution in [0.5, 0.6) is 0 Å². The summed E-state index contributed by atoms with van der Waals surface area (Å²) >= 11 is 5.87. The molecule has 4 aromatic rings. The first kappa shape index (κ1) is 18.0. The van der Waals surface area contributed by atoms with Gasteiger partial charge in [0.05, 0.1) is 5.52 Å². The van der Waals surface area contributed by atoms with Crippen molar-refractivity contribution in [2.24, 2.45) is 0 Å². The van der Waals surface area contributed by atoms with Crippen molar-refractivity contribution < 1.29 is 4.79 Å². The molecule has 3 aromatic carbocycles. The Morgan fingerprint density at radius 1 is 0.929 bits per heavy atom. The van der Waals surface area contributed by atoms with Crippen molar-refractivity contribution in [1.29, 1.82) is 0 Å². The lowest BCUT2D eigenvalue weighted by Crippen LogP contribution is -2.28. The number of H-pyrrole nitrogens is 1. The smallest absolute Gasteiger partial charge is 0.257 e. The molecule has 0 radical (unpaired) electrons. The van der Waals surface area contributed by atoms with Crippen LogP contribution >= 0.6 is 11.6 Å². The molecule has 2 N–H and O–H groups in total. The fourth-order valence-electron chi connectivity index (χ4n) is 3.16. The lowest BCUT2D eigenvalue weighted by molar-refractivity contribution is 0.0949. The molecule has 28 heavy (non-hydrogen) atoms. The summed E-state index contributed by atoms with van der Waals surface area (Å²) in [5.41, 5.74) is 3.34. The number of carbonyl (C=O) groups is 1. The summed E-state index contributed by atoms with van der Waals surface area (Å²) in [4.78, 5) is 28.6. The van der Waals surface area contributed by atoms with E-state index in [1.165, 1.54) is 6.20 Å². The molecule has 0 saturated heterocycles. The van der Waals surface area contributed by atoms with Gasteiger partial charge in [0.25, 0.3) is 5.91 Å². The zero-order valence-corrected chi connectivity index (χ0v) is 15.7. The van der Waals surface area contributed by atoms with Crippen molar-refractivity contribution in [3.63, 3.8) is 0 Å². The van der Waals surface area contributed by atoms with Gasteiger partial charge in [0.1, 0.15) is 5.56 Å². The Bertz CT molecular complexity index is 1200. The van der Waals surface area contributed by atoms with Crippen LogP contribution in [0.2, 0.25) is 5.02 Å². The van der Waals surface area contributed by atoms with Crippen LogP contribution in [-0.4, -0.2) is 10.9 Å². The highest BCUT2D eigenvalue weighted by Gasteiger charge is 2.14. The molecule has 0 aliphatic rings. The van der Waals surface area contributed by atoms with Crippen molar-refractivity contribution in [3.8, 4) is 11.1 Å². The first-order chi connectivity index (χ1) is 13.6. The van der Waals surface area contributed by atoms with E-state index >= 15 is 0 Å². The van der Waals surface area contributed by atoms with Gasteiger partial charge in [0.2, 0.25) is 5.43 Å².